The largest absolute Gasteiger partial charge is 0.379 e. The van der Waals surface area contributed by atoms with Crippen molar-refractivity contribution in [3.8, 4) is 0 Å². The third-order valence-corrected chi connectivity index (χ3v) is 5.89. The van der Waals surface area contributed by atoms with Gasteiger partial charge in [0, 0.05) is 31.7 Å². The fourth-order valence-electron chi connectivity index (χ4n) is 2.81. The number of nitrogens with zero attached hydrogens (tertiary/aromatic N) is 1. The number of hydrogen-bond acceptors (Lipinski definition) is 5. The molecule has 0 aliphatic carbocycles. The van der Waals surface area contributed by atoms with Crippen LogP contribution in [0.1, 0.15) is 10.4 Å². The van der Waals surface area contributed by atoms with Gasteiger partial charge in [0.25, 0.3) is 5.91 Å². The summed E-state index contributed by atoms with van der Waals surface area (Å²) < 4.78 is 59.7. The van der Waals surface area contributed by atoms with E-state index in [1.54, 1.807) is 0 Å². The van der Waals surface area contributed by atoms with Crippen LogP contribution in [0.25, 0.3) is 0 Å². The SMILES string of the molecule is O=C(Nc1ccc(S(=O)(=O)NCCN2CCOCC2)cc1F)c1ccc(F)cc1. The zero-order valence-corrected chi connectivity index (χ0v) is 16.3. The van der Waals surface area contributed by atoms with Crippen LogP contribution in [-0.4, -0.2) is 58.6 Å². The van der Waals surface area contributed by atoms with E-state index in [-0.39, 0.29) is 22.7 Å². The Morgan fingerprint density at radius 3 is 2.41 bits per heavy atom. The van der Waals surface area contributed by atoms with Gasteiger partial charge in [-0.25, -0.2) is 21.9 Å². The van der Waals surface area contributed by atoms with Gasteiger partial charge in [0.2, 0.25) is 10.0 Å². The van der Waals surface area contributed by atoms with Gasteiger partial charge in [-0.3, -0.25) is 9.69 Å². The molecule has 0 atom stereocenters. The van der Waals surface area contributed by atoms with E-state index >= 15 is 0 Å². The Bertz CT molecular complexity index is 962. The molecular weight excluding hydrogens is 404 g/mol. The highest BCUT2D eigenvalue weighted by atomic mass is 32.2. The quantitative estimate of drug-likeness (QED) is 0.707. The van der Waals surface area contributed by atoms with Crippen LogP contribution in [-0.2, 0) is 14.8 Å². The van der Waals surface area contributed by atoms with Crippen molar-refractivity contribution in [1.29, 1.82) is 0 Å². The van der Waals surface area contributed by atoms with E-state index in [0.717, 1.165) is 31.3 Å². The second-order valence-electron chi connectivity index (χ2n) is 6.45. The second-order valence-corrected chi connectivity index (χ2v) is 8.22. The monoisotopic (exact) mass is 425 g/mol. The Morgan fingerprint density at radius 1 is 1.07 bits per heavy atom. The van der Waals surface area contributed by atoms with E-state index in [9.17, 15) is 22.0 Å². The minimum absolute atomic E-state index is 0.146. The molecular formula is C19H21F2N3O4S. The van der Waals surface area contributed by atoms with Crippen LogP contribution in [0, 0.1) is 11.6 Å². The molecule has 7 nitrogen and oxygen atoms in total. The lowest BCUT2D eigenvalue weighted by Gasteiger charge is -2.26. The van der Waals surface area contributed by atoms with Gasteiger partial charge in [-0.05, 0) is 42.5 Å². The smallest absolute Gasteiger partial charge is 0.255 e. The number of ether oxygens (including phenoxy) is 1. The molecule has 10 heteroatoms. The van der Waals surface area contributed by atoms with E-state index in [2.05, 4.69) is 14.9 Å². The van der Waals surface area contributed by atoms with Crippen molar-refractivity contribution in [2.24, 2.45) is 0 Å². The summed E-state index contributed by atoms with van der Waals surface area (Å²) in [7, 11) is -3.89. The number of carbonyl (C=O) groups excluding carboxylic acids is 1. The number of carbonyl (C=O) groups is 1. The molecule has 2 aromatic carbocycles. The topological polar surface area (TPSA) is 87.7 Å². The zero-order valence-electron chi connectivity index (χ0n) is 15.5. The Labute approximate surface area is 167 Å². The third kappa shape index (κ3) is 5.80. The molecule has 3 rings (SSSR count). The minimum atomic E-state index is -3.89. The lowest BCUT2D eigenvalue weighted by Crippen LogP contribution is -2.41. The van der Waals surface area contributed by atoms with E-state index in [1.807, 2.05) is 0 Å². The Morgan fingerprint density at radius 2 is 1.76 bits per heavy atom. The summed E-state index contributed by atoms with van der Waals surface area (Å²) in [6.07, 6.45) is 0. The number of hydrogen-bond donors (Lipinski definition) is 2. The normalized spacial score (nSPS) is 15.2. The number of nitrogens with one attached hydrogen (secondary N) is 2. The lowest BCUT2D eigenvalue weighted by molar-refractivity contribution is 0.0390. The molecule has 1 aliphatic heterocycles. The van der Waals surface area contributed by atoms with Crippen molar-refractivity contribution in [2.75, 3.05) is 44.7 Å². The summed E-state index contributed by atoms with van der Waals surface area (Å²) in [6, 6.07) is 7.98. The average Bonchev–Trinajstić information content (AvgIpc) is 2.70. The molecule has 0 aromatic heterocycles. The van der Waals surface area contributed by atoms with Gasteiger partial charge in [-0.15, -0.1) is 0 Å². The predicted octanol–water partition coefficient (Wildman–Crippen LogP) is 1.83. The summed E-state index contributed by atoms with van der Waals surface area (Å²) in [5.41, 5.74) is -0.0288. The summed E-state index contributed by atoms with van der Waals surface area (Å²) in [5, 5.41) is 2.34. The average molecular weight is 425 g/mol. The number of amides is 1. The van der Waals surface area contributed by atoms with Crippen molar-refractivity contribution in [3.05, 3.63) is 59.7 Å². The first kappa shape index (κ1) is 21.3. The van der Waals surface area contributed by atoms with Crippen molar-refractivity contribution in [1.82, 2.24) is 9.62 Å². The highest BCUT2D eigenvalue weighted by Gasteiger charge is 2.18. The standard InChI is InChI=1S/C19H21F2N3O4S/c20-15-3-1-14(2-4-15)19(25)23-18-6-5-16(13-17(18)21)29(26,27)22-7-8-24-9-11-28-12-10-24/h1-6,13,22H,7-12H2,(H,23,25). The number of benzene rings is 2. The van der Waals surface area contributed by atoms with Crippen LogP contribution in [0.2, 0.25) is 0 Å². The lowest BCUT2D eigenvalue weighted by atomic mass is 10.2. The first-order chi connectivity index (χ1) is 13.8. The number of sulfonamides is 1. The van der Waals surface area contributed by atoms with Gasteiger partial charge in [-0.1, -0.05) is 0 Å². The highest BCUT2D eigenvalue weighted by molar-refractivity contribution is 7.89. The van der Waals surface area contributed by atoms with Gasteiger partial charge in [0.1, 0.15) is 11.6 Å². The minimum Gasteiger partial charge on any atom is -0.379 e. The molecule has 29 heavy (non-hydrogen) atoms. The number of morpholine rings is 1. The molecule has 0 saturated carbocycles. The van der Waals surface area contributed by atoms with Crippen molar-refractivity contribution < 1.29 is 26.7 Å². The van der Waals surface area contributed by atoms with Gasteiger partial charge < -0.3 is 10.1 Å². The maximum atomic E-state index is 14.3. The van der Waals surface area contributed by atoms with E-state index in [4.69, 9.17) is 4.74 Å². The molecule has 1 saturated heterocycles. The molecule has 2 aromatic rings. The molecule has 1 amide bonds. The molecule has 2 N–H and O–H groups in total. The Hall–Kier alpha value is -2.40. The molecule has 1 fully saturated rings. The van der Waals surface area contributed by atoms with Crippen LogP contribution in [0.15, 0.2) is 47.4 Å². The van der Waals surface area contributed by atoms with E-state index in [0.29, 0.717) is 19.8 Å². The highest BCUT2D eigenvalue weighted by Crippen LogP contribution is 2.20. The van der Waals surface area contributed by atoms with Crippen LogP contribution >= 0.6 is 0 Å². The molecule has 0 bridgehead atoms. The molecule has 0 unspecified atom stereocenters. The first-order valence-electron chi connectivity index (χ1n) is 9.01. The van der Waals surface area contributed by atoms with Crippen molar-refractivity contribution in [3.63, 3.8) is 0 Å². The number of anilines is 1. The molecule has 156 valence electrons. The summed E-state index contributed by atoms with van der Waals surface area (Å²) in [6.45, 7) is 3.41. The van der Waals surface area contributed by atoms with Crippen LogP contribution < -0.4 is 10.0 Å². The summed E-state index contributed by atoms with van der Waals surface area (Å²) >= 11 is 0. The molecule has 0 spiro atoms. The summed E-state index contributed by atoms with van der Waals surface area (Å²) in [5.74, 6) is -2.02. The fourth-order valence-corrected chi connectivity index (χ4v) is 3.84. The number of halogens is 2. The summed E-state index contributed by atoms with van der Waals surface area (Å²) in [4.78, 5) is 13.9. The zero-order chi connectivity index (χ0) is 20.9. The number of rotatable bonds is 7. The van der Waals surface area contributed by atoms with Gasteiger partial charge in [0.15, 0.2) is 0 Å². The van der Waals surface area contributed by atoms with E-state index < -0.39 is 27.6 Å². The van der Waals surface area contributed by atoms with Crippen LogP contribution in [0.3, 0.4) is 0 Å². The van der Waals surface area contributed by atoms with Crippen LogP contribution in [0.5, 0.6) is 0 Å². The molecule has 1 aliphatic rings. The van der Waals surface area contributed by atoms with Crippen LogP contribution in [0.4, 0.5) is 14.5 Å². The third-order valence-electron chi connectivity index (χ3n) is 4.43. The van der Waals surface area contributed by atoms with Gasteiger partial charge >= 0.3 is 0 Å². The molecule has 1 heterocycles. The first-order valence-corrected chi connectivity index (χ1v) is 10.5. The Kier molecular flexibility index (Phi) is 6.91. The van der Waals surface area contributed by atoms with Gasteiger partial charge in [0.05, 0.1) is 23.8 Å². The van der Waals surface area contributed by atoms with E-state index in [1.165, 1.54) is 24.3 Å². The maximum absolute atomic E-state index is 14.3. The predicted molar refractivity (Wildman–Crippen MR) is 103 cm³/mol. The molecule has 0 radical (unpaired) electrons. The van der Waals surface area contributed by atoms with Crippen molar-refractivity contribution in [2.45, 2.75) is 4.90 Å². The fraction of sp³-hybridized carbons (Fsp3) is 0.316. The van der Waals surface area contributed by atoms with Gasteiger partial charge in [-0.2, -0.15) is 0 Å². The maximum Gasteiger partial charge on any atom is 0.255 e. The van der Waals surface area contributed by atoms with Crippen molar-refractivity contribution >= 4 is 21.6 Å². The second kappa shape index (κ2) is 9.40. The Balaban J connectivity index is 1.61.